The van der Waals surface area contributed by atoms with Gasteiger partial charge in [0.2, 0.25) is 0 Å². The first-order chi connectivity index (χ1) is 8.79. The zero-order chi connectivity index (χ0) is 14.7. The second-order valence-electron chi connectivity index (χ2n) is 4.32. The van der Waals surface area contributed by atoms with Crippen LogP contribution in [0.2, 0.25) is 5.02 Å². The number of nitrogens with two attached hydrogens (primary N) is 1. The molecule has 1 aromatic carbocycles. The van der Waals surface area contributed by atoms with Crippen LogP contribution in [0.3, 0.4) is 0 Å². The van der Waals surface area contributed by atoms with Crippen LogP contribution in [0.5, 0.6) is 0 Å². The molecule has 2 N–H and O–H groups in total. The summed E-state index contributed by atoms with van der Waals surface area (Å²) in [6.07, 6.45) is 0.785. The molecule has 1 aromatic rings. The molecule has 0 aliphatic rings. The van der Waals surface area contributed by atoms with E-state index in [-0.39, 0.29) is 33.9 Å². The van der Waals surface area contributed by atoms with Gasteiger partial charge in [-0.1, -0.05) is 18.5 Å². The van der Waals surface area contributed by atoms with Crippen LogP contribution in [0, 0.1) is 10.1 Å². The lowest BCUT2D eigenvalue weighted by molar-refractivity contribution is -0.383. The maximum Gasteiger partial charge on any atom is 0.294 e. The molecule has 0 aliphatic carbocycles. The Hall–Kier alpha value is -1.82. The normalized spacial score (nSPS) is 12.0. The predicted octanol–water partition coefficient (Wildman–Crippen LogP) is 2.70. The molecule has 1 amide bonds. The molecule has 1 atom stereocenters. The number of nitro benzene ring substituents is 1. The minimum Gasteiger partial charge on any atom is -0.392 e. The number of nitrogen functional groups attached to an aromatic ring is 1. The molecule has 0 aliphatic heterocycles. The molecule has 0 saturated heterocycles. The number of carbonyl (C=O) groups excluding carboxylic acids is 1. The molecule has 0 aromatic heterocycles. The van der Waals surface area contributed by atoms with Crippen molar-refractivity contribution in [1.82, 2.24) is 4.90 Å². The van der Waals surface area contributed by atoms with Crippen molar-refractivity contribution in [3.63, 3.8) is 0 Å². The van der Waals surface area contributed by atoms with Crippen molar-refractivity contribution < 1.29 is 9.72 Å². The molecule has 1 unspecified atom stereocenters. The van der Waals surface area contributed by atoms with E-state index in [0.717, 1.165) is 12.5 Å². The molecule has 0 bridgehead atoms. The van der Waals surface area contributed by atoms with Crippen molar-refractivity contribution in [2.24, 2.45) is 0 Å². The van der Waals surface area contributed by atoms with Crippen LogP contribution in [0.15, 0.2) is 12.1 Å². The Morgan fingerprint density at radius 1 is 1.58 bits per heavy atom. The Morgan fingerprint density at radius 3 is 2.63 bits per heavy atom. The van der Waals surface area contributed by atoms with E-state index >= 15 is 0 Å². The van der Waals surface area contributed by atoms with Crippen molar-refractivity contribution in [3.8, 4) is 0 Å². The average molecular weight is 286 g/mol. The molecule has 0 spiro atoms. The van der Waals surface area contributed by atoms with E-state index in [9.17, 15) is 14.9 Å². The van der Waals surface area contributed by atoms with Crippen LogP contribution in [0.4, 0.5) is 11.4 Å². The van der Waals surface area contributed by atoms with Crippen LogP contribution < -0.4 is 5.73 Å². The second-order valence-corrected chi connectivity index (χ2v) is 4.73. The highest BCUT2D eigenvalue weighted by atomic mass is 35.5. The van der Waals surface area contributed by atoms with E-state index in [0.29, 0.717) is 0 Å². The third-order valence-corrected chi connectivity index (χ3v) is 3.44. The summed E-state index contributed by atoms with van der Waals surface area (Å²) < 4.78 is 0. The van der Waals surface area contributed by atoms with E-state index < -0.39 is 4.92 Å². The van der Waals surface area contributed by atoms with Gasteiger partial charge in [-0.05, 0) is 19.4 Å². The van der Waals surface area contributed by atoms with Crippen molar-refractivity contribution in [2.45, 2.75) is 26.3 Å². The van der Waals surface area contributed by atoms with Crippen LogP contribution in [0.1, 0.15) is 30.6 Å². The molecule has 6 nitrogen and oxygen atoms in total. The molecular weight excluding hydrogens is 270 g/mol. The number of hydrogen-bond acceptors (Lipinski definition) is 4. The van der Waals surface area contributed by atoms with Crippen molar-refractivity contribution in [2.75, 3.05) is 12.8 Å². The fraction of sp³-hybridized carbons (Fsp3) is 0.417. The Morgan fingerprint density at radius 2 is 2.16 bits per heavy atom. The van der Waals surface area contributed by atoms with Gasteiger partial charge in [0, 0.05) is 24.7 Å². The van der Waals surface area contributed by atoms with Gasteiger partial charge >= 0.3 is 0 Å². The Labute approximate surface area is 116 Å². The molecular formula is C12H16ClN3O3. The van der Waals surface area contributed by atoms with Gasteiger partial charge in [-0.2, -0.15) is 0 Å². The lowest BCUT2D eigenvalue weighted by Crippen LogP contribution is -2.34. The van der Waals surface area contributed by atoms with Gasteiger partial charge < -0.3 is 10.6 Å². The number of nitro groups is 1. The number of carbonyl (C=O) groups is 1. The fourth-order valence-electron chi connectivity index (χ4n) is 1.56. The highest BCUT2D eigenvalue weighted by molar-refractivity contribution is 6.34. The first-order valence-electron chi connectivity index (χ1n) is 5.80. The van der Waals surface area contributed by atoms with Crippen LogP contribution >= 0.6 is 11.6 Å². The zero-order valence-corrected chi connectivity index (χ0v) is 11.8. The Kier molecular flexibility index (Phi) is 4.72. The van der Waals surface area contributed by atoms with E-state index in [1.54, 1.807) is 7.05 Å². The highest BCUT2D eigenvalue weighted by Gasteiger charge is 2.22. The van der Waals surface area contributed by atoms with Gasteiger partial charge in [0.05, 0.1) is 9.95 Å². The zero-order valence-electron chi connectivity index (χ0n) is 11.0. The van der Waals surface area contributed by atoms with Gasteiger partial charge in [-0.25, -0.2) is 0 Å². The molecule has 0 heterocycles. The molecule has 19 heavy (non-hydrogen) atoms. The first-order valence-corrected chi connectivity index (χ1v) is 6.17. The minimum absolute atomic E-state index is 0.00935. The maximum absolute atomic E-state index is 12.2. The number of anilines is 1. The topological polar surface area (TPSA) is 89.5 Å². The number of hydrogen-bond donors (Lipinski definition) is 1. The maximum atomic E-state index is 12.2. The van der Waals surface area contributed by atoms with E-state index in [4.69, 9.17) is 17.3 Å². The summed E-state index contributed by atoms with van der Waals surface area (Å²) >= 11 is 5.83. The number of nitrogens with zero attached hydrogens (tertiary/aromatic N) is 2. The van der Waals surface area contributed by atoms with Gasteiger partial charge in [0.1, 0.15) is 5.69 Å². The standard InChI is InChI=1S/C12H16ClN3O3/c1-4-7(2)15(3)12(17)8-5-9(13)11(14)10(6-8)16(18)19/h5-7H,4,14H2,1-3H3. The van der Waals surface area contributed by atoms with Gasteiger partial charge in [-0.3, -0.25) is 14.9 Å². The van der Waals surface area contributed by atoms with Crippen molar-refractivity contribution >= 4 is 28.9 Å². The third-order valence-electron chi connectivity index (χ3n) is 3.12. The Bertz CT molecular complexity index is 519. The number of benzene rings is 1. The predicted molar refractivity (Wildman–Crippen MR) is 74.4 cm³/mol. The number of amides is 1. The van der Waals surface area contributed by atoms with Crippen LogP contribution in [-0.2, 0) is 0 Å². The van der Waals surface area contributed by atoms with E-state index in [1.165, 1.54) is 11.0 Å². The number of halogens is 1. The molecule has 7 heteroatoms. The Balaban J connectivity index is 3.22. The summed E-state index contributed by atoms with van der Waals surface area (Å²) in [5, 5.41) is 10.9. The monoisotopic (exact) mass is 285 g/mol. The van der Waals surface area contributed by atoms with Crippen LogP contribution in [-0.4, -0.2) is 28.8 Å². The average Bonchev–Trinajstić information content (AvgIpc) is 2.38. The van der Waals surface area contributed by atoms with E-state index in [2.05, 4.69) is 0 Å². The fourth-order valence-corrected chi connectivity index (χ4v) is 1.77. The van der Waals surface area contributed by atoms with Crippen molar-refractivity contribution in [3.05, 3.63) is 32.8 Å². The third kappa shape index (κ3) is 3.14. The number of rotatable bonds is 4. The molecule has 0 radical (unpaired) electrons. The quantitative estimate of drug-likeness (QED) is 0.523. The summed E-state index contributed by atoms with van der Waals surface area (Å²) in [7, 11) is 1.65. The van der Waals surface area contributed by atoms with Crippen LogP contribution in [0.25, 0.3) is 0 Å². The van der Waals surface area contributed by atoms with Gasteiger partial charge in [0.25, 0.3) is 11.6 Å². The summed E-state index contributed by atoms with van der Waals surface area (Å²) in [5.41, 5.74) is 5.19. The lowest BCUT2D eigenvalue weighted by atomic mass is 10.1. The molecule has 104 valence electrons. The summed E-state index contributed by atoms with van der Waals surface area (Å²) in [4.78, 5) is 23.9. The molecule has 0 saturated carbocycles. The molecule has 1 rings (SSSR count). The summed E-state index contributed by atoms with van der Waals surface area (Å²) in [5.74, 6) is -0.320. The lowest BCUT2D eigenvalue weighted by Gasteiger charge is -2.24. The molecule has 0 fully saturated rings. The van der Waals surface area contributed by atoms with Gasteiger partial charge in [-0.15, -0.1) is 0 Å². The van der Waals surface area contributed by atoms with Crippen molar-refractivity contribution in [1.29, 1.82) is 0 Å². The first kappa shape index (κ1) is 15.2. The smallest absolute Gasteiger partial charge is 0.294 e. The van der Waals surface area contributed by atoms with E-state index in [1.807, 2.05) is 13.8 Å². The summed E-state index contributed by atoms with van der Waals surface area (Å²) in [6, 6.07) is 2.54. The SMILES string of the molecule is CCC(C)N(C)C(=O)c1cc(Cl)c(N)c([N+](=O)[O-])c1. The minimum atomic E-state index is -0.652. The highest BCUT2D eigenvalue weighted by Crippen LogP contribution is 2.31. The summed E-state index contributed by atoms with van der Waals surface area (Å²) in [6.45, 7) is 3.85. The largest absolute Gasteiger partial charge is 0.392 e. The van der Waals surface area contributed by atoms with Gasteiger partial charge in [0.15, 0.2) is 0 Å². The second kappa shape index (κ2) is 5.88.